The predicted molar refractivity (Wildman–Crippen MR) is 315 cm³/mol. The standard InChI is InChI=1S/C73H78S/c1-4-42-74-50-73(3,61-34-18-9-19-35-61)68-47-64-56-40-41-57(43-56)69(64)71(68)67-45-55-31-21-23-37-63(55)70(67)66-44-54-30-20-22-36-62(54)65(66)46-59(53-28-14-7-15-29-53)49-72(2,60-32-16-8-17-33-60)48-58(52-26-12-6-13-27-52)39-38-51-24-10-5-11-25-51/h5-41,56-59,64-71H,4,42-50H2,1-3H3. The Hall–Kier alpha value is -5.63. The van der Waals surface area contributed by atoms with Gasteiger partial charge in [0.05, 0.1) is 0 Å². The van der Waals surface area contributed by atoms with Gasteiger partial charge in [-0.3, -0.25) is 0 Å². The minimum absolute atomic E-state index is 0.112. The van der Waals surface area contributed by atoms with Crippen LogP contribution in [0.1, 0.15) is 133 Å². The third-order valence-corrected chi connectivity index (χ3v) is 21.5. The van der Waals surface area contributed by atoms with Gasteiger partial charge in [0.2, 0.25) is 0 Å². The van der Waals surface area contributed by atoms with Crippen molar-refractivity contribution in [3.63, 3.8) is 0 Å². The van der Waals surface area contributed by atoms with Gasteiger partial charge < -0.3 is 0 Å². The zero-order valence-corrected chi connectivity index (χ0v) is 45.1. The van der Waals surface area contributed by atoms with E-state index in [1.807, 2.05) is 0 Å². The summed E-state index contributed by atoms with van der Waals surface area (Å²) in [7, 11) is 0. The monoisotopic (exact) mass is 987 g/mol. The molecule has 7 aromatic carbocycles. The Bertz CT molecular complexity index is 3000. The average molecular weight is 987 g/mol. The van der Waals surface area contributed by atoms with Gasteiger partial charge in [0.15, 0.2) is 0 Å². The topological polar surface area (TPSA) is 0 Å². The molecule has 0 radical (unpaired) electrons. The SMILES string of the molecule is CCCSCC(C)(c1ccccc1)C1CC2C3C=CC(C3)C2C1C1Cc2ccccc2C1C1Cc2ccccc2C1CC(CC(C)(CC(C=Cc1ccccc1)c1ccccc1)c1ccccc1)c1ccccc1. The van der Waals surface area contributed by atoms with Gasteiger partial charge in [0.1, 0.15) is 0 Å². The molecule has 5 aliphatic rings. The van der Waals surface area contributed by atoms with Crippen LogP contribution in [0.15, 0.2) is 218 Å². The highest BCUT2D eigenvalue weighted by Crippen LogP contribution is 2.69. The second kappa shape index (κ2) is 21.5. The summed E-state index contributed by atoms with van der Waals surface area (Å²) in [5.41, 5.74) is 13.7. The van der Waals surface area contributed by atoms with Gasteiger partial charge in [-0.25, -0.2) is 0 Å². The predicted octanol–water partition coefficient (Wildman–Crippen LogP) is 18.5. The van der Waals surface area contributed by atoms with Crippen molar-refractivity contribution in [1.82, 2.24) is 0 Å². The molecule has 2 saturated carbocycles. The van der Waals surface area contributed by atoms with Gasteiger partial charge in [-0.05, 0) is 178 Å². The minimum Gasteiger partial charge on any atom is -0.161 e. The molecule has 12 rings (SSSR count). The van der Waals surface area contributed by atoms with E-state index < -0.39 is 0 Å². The van der Waals surface area contributed by atoms with Gasteiger partial charge >= 0.3 is 0 Å². The molecule has 2 bridgehead atoms. The van der Waals surface area contributed by atoms with Crippen LogP contribution >= 0.6 is 11.8 Å². The molecular weight excluding hydrogens is 909 g/mol. The second-order valence-corrected chi connectivity index (χ2v) is 25.3. The summed E-state index contributed by atoms with van der Waals surface area (Å²) in [5.74, 6) is 9.58. The molecule has 0 N–H and O–H groups in total. The third-order valence-electron chi connectivity index (χ3n) is 20.0. The molecule has 7 aromatic rings. The molecule has 74 heavy (non-hydrogen) atoms. The van der Waals surface area contributed by atoms with Crippen molar-refractivity contribution in [3.05, 3.63) is 268 Å². The van der Waals surface area contributed by atoms with E-state index in [-0.39, 0.29) is 16.7 Å². The van der Waals surface area contributed by atoms with Crippen LogP contribution < -0.4 is 0 Å². The van der Waals surface area contributed by atoms with Crippen LogP contribution in [0.25, 0.3) is 6.08 Å². The fraction of sp³-hybridized carbons (Fsp3) is 0.370. The molecule has 0 heterocycles. The lowest BCUT2D eigenvalue weighted by atomic mass is 9.59. The molecule has 5 aliphatic carbocycles. The summed E-state index contributed by atoms with van der Waals surface area (Å²) in [6, 6.07) is 77.2. The number of rotatable bonds is 19. The van der Waals surface area contributed by atoms with Crippen LogP contribution in [0.4, 0.5) is 0 Å². The Morgan fingerprint density at radius 3 is 1.80 bits per heavy atom. The lowest BCUT2D eigenvalue weighted by Crippen LogP contribution is -2.43. The maximum absolute atomic E-state index is 2.72. The Kier molecular flexibility index (Phi) is 14.3. The first-order chi connectivity index (χ1) is 36.4. The van der Waals surface area contributed by atoms with Crippen molar-refractivity contribution in [2.45, 2.75) is 107 Å². The van der Waals surface area contributed by atoms with Crippen molar-refractivity contribution in [1.29, 1.82) is 0 Å². The first-order valence-electron chi connectivity index (χ1n) is 28.7. The molecule has 0 amide bonds. The summed E-state index contributed by atoms with van der Waals surface area (Å²) >= 11 is 2.23. The number of hydrogen-bond donors (Lipinski definition) is 0. The largest absolute Gasteiger partial charge is 0.161 e. The van der Waals surface area contributed by atoms with E-state index in [1.54, 1.807) is 27.8 Å². The van der Waals surface area contributed by atoms with Crippen molar-refractivity contribution >= 4 is 17.8 Å². The normalized spacial score (nSPS) is 27.8. The van der Waals surface area contributed by atoms with Crippen LogP contribution in [0, 0.1) is 47.3 Å². The van der Waals surface area contributed by atoms with Crippen LogP contribution in [0.5, 0.6) is 0 Å². The minimum atomic E-state index is -0.113. The van der Waals surface area contributed by atoms with Gasteiger partial charge in [-0.1, -0.05) is 245 Å². The highest BCUT2D eigenvalue weighted by atomic mass is 32.2. The van der Waals surface area contributed by atoms with Crippen molar-refractivity contribution < 1.29 is 0 Å². The first-order valence-corrected chi connectivity index (χ1v) is 29.9. The van der Waals surface area contributed by atoms with E-state index in [2.05, 4.69) is 257 Å². The highest BCUT2D eigenvalue weighted by Gasteiger charge is 2.63. The van der Waals surface area contributed by atoms with Gasteiger partial charge in [0, 0.05) is 17.1 Å². The van der Waals surface area contributed by atoms with E-state index in [0.717, 1.165) is 42.9 Å². The lowest BCUT2D eigenvalue weighted by molar-refractivity contribution is 0.0983. The van der Waals surface area contributed by atoms with Crippen LogP contribution in [0.3, 0.4) is 0 Å². The fourth-order valence-electron chi connectivity index (χ4n) is 16.8. The van der Waals surface area contributed by atoms with Crippen molar-refractivity contribution in [2.24, 2.45) is 47.3 Å². The zero-order chi connectivity index (χ0) is 50.1. The van der Waals surface area contributed by atoms with E-state index in [4.69, 9.17) is 0 Å². The number of hydrogen-bond acceptors (Lipinski definition) is 1. The van der Waals surface area contributed by atoms with Crippen LogP contribution in [-0.4, -0.2) is 11.5 Å². The smallest absolute Gasteiger partial charge is 0.00464 e. The fourth-order valence-corrected chi connectivity index (χ4v) is 18.1. The summed E-state index contributed by atoms with van der Waals surface area (Å²) in [6.07, 6.45) is 19.9. The quantitative estimate of drug-likeness (QED) is 0.0575. The van der Waals surface area contributed by atoms with Gasteiger partial charge in [-0.2, -0.15) is 11.8 Å². The van der Waals surface area contributed by atoms with Crippen molar-refractivity contribution in [3.8, 4) is 0 Å². The zero-order valence-electron chi connectivity index (χ0n) is 44.3. The van der Waals surface area contributed by atoms with Crippen LogP contribution in [0.2, 0.25) is 0 Å². The summed E-state index contributed by atoms with van der Waals surface area (Å²) < 4.78 is 0. The first kappa shape index (κ1) is 49.3. The number of fused-ring (bicyclic) bond motifs is 7. The molecule has 376 valence electrons. The van der Waals surface area contributed by atoms with E-state index >= 15 is 0 Å². The van der Waals surface area contributed by atoms with E-state index in [0.29, 0.717) is 41.4 Å². The molecule has 14 atom stereocenters. The molecule has 2 fully saturated rings. The van der Waals surface area contributed by atoms with Crippen LogP contribution in [-0.2, 0) is 23.7 Å². The highest BCUT2D eigenvalue weighted by molar-refractivity contribution is 7.99. The Morgan fingerprint density at radius 1 is 0.541 bits per heavy atom. The lowest BCUT2D eigenvalue weighted by Gasteiger charge is -2.46. The third kappa shape index (κ3) is 9.55. The summed E-state index contributed by atoms with van der Waals surface area (Å²) in [4.78, 5) is 0. The van der Waals surface area contributed by atoms with E-state index in [1.165, 1.54) is 65.9 Å². The second-order valence-electron chi connectivity index (χ2n) is 24.2. The Balaban J connectivity index is 0.955. The van der Waals surface area contributed by atoms with E-state index in [9.17, 15) is 0 Å². The molecule has 0 aromatic heterocycles. The molecule has 1 heteroatoms. The molecule has 0 nitrogen and oxygen atoms in total. The van der Waals surface area contributed by atoms with Crippen molar-refractivity contribution in [2.75, 3.05) is 11.5 Å². The number of benzene rings is 7. The summed E-state index contributed by atoms with van der Waals surface area (Å²) in [6.45, 7) is 7.70. The molecular formula is C73H78S. The molecule has 0 aliphatic heterocycles. The number of thioether (sulfide) groups is 1. The average Bonchev–Trinajstić information content (AvgIpc) is 4.31. The maximum Gasteiger partial charge on any atom is 0.00464 e. The molecule has 0 spiro atoms. The van der Waals surface area contributed by atoms with Gasteiger partial charge in [-0.15, -0.1) is 0 Å². The molecule has 0 saturated heterocycles. The van der Waals surface area contributed by atoms with Gasteiger partial charge in [0.25, 0.3) is 0 Å². The Labute approximate surface area is 449 Å². The summed E-state index contributed by atoms with van der Waals surface area (Å²) in [5, 5.41) is 0. The molecule has 14 unspecified atom stereocenters. The number of allylic oxidation sites excluding steroid dienone is 3. The Morgan fingerprint density at radius 2 is 1.11 bits per heavy atom. The maximum atomic E-state index is 2.72.